The highest BCUT2D eigenvalue weighted by Crippen LogP contribution is 2.13. The van der Waals surface area contributed by atoms with Gasteiger partial charge < -0.3 is 14.8 Å². The van der Waals surface area contributed by atoms with Crippen molar-refractivity contribution >= 4 is 5.91 Å². The van der Waals surface area contributed by atoms with Gasteiger partial charge in [0.25, 0.3) is 5.56 Å². The Bertz CT molecular complexity index is 680. The SMILES string of the molecule is CN(C)CC(NC(=O)CCn1ccccc1=O)c1ccccc1. The Hall–Kier alpha value is -2.40. The standard InChI is InChI=1S/C18H23N3O2/c1-20(2)14-16(15-8-4-3-5-9-15)19-17(22)11-13-21-12-7-6-10-18(21)23/h3-10,12,16H,11,13-14H2,1-2H3,(H,19,22). The van der Waals surface area contributed by atoms with Crippen molar-refractivity contribution in [3.05, 3.63) is 70.6 Å². The Morgan fingerprint density at radius 2 is 1.83 bits per heavy atom. The van der Waals surface area contributed by atoms with Crippen molar-refractivity contribution < 1.29 is 4.79 Å². The van der Waals surface area contributed by atoms with Crippen LogP contribution in [-0.4, -0.2) is 36.0 Å². The van der Waals surface area contributed by atoms with Gasteiger partial charge >= 0.3 is 0 Å². The number of hydrogen-bond acceptors (Lipinski definition) is 3. The number of rotatable bonds is 7. The van der Waals surface area contributed by atoms with Gasteiger partial charge in [-0.2, -0.15) is 0 Å². The molecule has 0 fully saturated rings. The van der Waals surface area contributed by atoms with Gasteiger partial charge in [0.15, 0.2) is 0 Å². The summed E-state index contributed by atoms with van der Waals surface area (Å²) < 4.78 is 1.54. The lowest BCUT2D eigenvalue weighted by molar-refractivity contribution is -0.122. The van der Waals surface area contributed by atoms with Crippen LogP contribution in [0.4, 0.5) is 0 Å². The van der Waals surface area contributed by atoms with Gasteiger partial charge in [0.1, 0.15) is 0 Å². The van der Waals surface area contributed by atoms with E-state index in [0.29, 0.717) is 6.54 Å². The number of hydrogen-bond donors (Lipinski definition) is 1. The molecule has 0 aliphatic carbocycles. The lowest BCUT2D eigenvalue weighted by Crippen LogP contribution is -2.36. The van der Waals surface area contributed by atoms with Crippen LogP contribution in [0.15, 0.2) is 59.5 Å². The highest BCUT2D eigenvalue weighted by molar-refractivity contribution is 5.76. The van der Waals surface area contributed by atoms with Crippen LogP contribution in [0.2, 0.25) is 0 Å². The third-order valence-electron chi connectivity index (χ3n) is 3.56. The van der Waals surface area contributed by atoms with Gasteiger partial charge in [0.2, 0.25) is 5.91 Å². The molecule has 23 heavy (non-hydrogen) atoms. The van der Waals surface area contributed by atoms with E-state index in [9.17, 15) is 9.59 Å². The molecule has 1 aromatic heterocycles. The minimum absolute atomic E-state index is 0.0588. The smallest absolute Gasteiger partial charge is 0.250 e. The average Bonchev–Trinajstić information content (AvgIpc) is 2.54. The van der Waals surface area contributed by atoms with Crippen molar-refractivity contribution in [3.63, 3.8) is 0 Å². The number of carbonyl (C=O) groups excluding carboxylic acids is 1. The van der Waals surface area contributed by atoms with E-state index in [4.69, 9.17) is 0 Å². The van der Waals surface area contributed by atoms with Crippen molar-refractivity contribution in [1.29, 1.82) is 0 Å². The molecule has 0 aliphatic rings. The van der Waals surface area contributed by atoms with E-state index in [-0.39, 0.29) is 23.9 Å². The summed E-state index contributed by atoms with van der Waals surface area (Å²) in [5.74, 6) is -0.0588. The molecule has 1 unspecified atom stereocenters. The summed E-state index contributed by atoms with van der Waals surface area (Å²) in [7, 11) is 3.96. The van der Waals surface area contributed by atoms with Crippen LogP contribution in [0.1, 0.15) is 18.0 Å². The lowest BCUT2D eigenvalue weighted by atomic mass is 10.1. The zero-order valence-electron chi connectivity index (χ0n) is 13.6. The van der Waals surface area contributed by atoms with Crippen molar-refractivity contribution in [2.75, 3.05) is 20.6 Å². The largest absolute Gasteiger partial charge is 0.348 e. The van der Waals surface area contributed by atoms with Crippen LogP contribution in [0, 0.1) is 0 Å². The maximum atomic E-state index is 12.2. The van der Waals surface area contributed by atoms with Crippen molar-refractivity contribution in [2.45, 2.75) is 19.0 Å². The molecule has 122 valence electrons. The predicted octanol–water partition coefficient (Wildman–Crippen LogP) is 1.66. The molecule has 2 aromatic rings. The van der Waals surface area contributed by atoms with Crippen LogP contribution in [0.25, 0.3) is 0 Å². The van der Waals surface area contributed by atoms with Crippen molar-refractivity contribution in [3.8, 4) is 0 Å². The summed E-state index contributed by atoms with van der Waals surface area (Å²) in [5, 5.41) is 3.06. The summed E-state index contributed by atoms with van der Waals surface area (Å²) in [6.07, 6.45) is 1.98. The molecule has 5 heteroatoms. The molecular formula is C18H23N3O2. The Morgan fingerprint density at radius 1 is 1.13 bits per heavy atom. The maximum Gasteiger partial charge on any atom is 0.250 e. The molecule has 0 radical (unpaired) electrons. The number of likely N-dealkylation sites (N-methyl/N-ethyl adjacent to an activating group) is 1. The average molecular weight is 313 g/mol. The Labute approximate surface area is 136 Å². The second-order valence-corrected chi connectivity index (χ2v) is 5.78. The number of benzene rings is 1. The molecule has 0 spiro atoms. The zero-order valence-corrected chi connectivity index (χ0v) is 13.6. The fourth-order valence-electron chi connectivity index (χ4n) is 2.42. The van der Waals surface area contributed by atoms with E-state index >= 15 is 0 Å². The van der Waals surface area contributed by atoms with E-state index in [1.165, 1.54) is 6.07 Å². The number of nitrogens with zero attached hydrogens (tertiary/aromatic N) is 2. The van der Waals surface area contributed by atoms with Crippen LogP contribution in [0.5, 0.6) is 0 Å². The number of amides is 1. The van der Waals surface area contributed by atoms with Gasteiger partial charge in [-0.1, -0.05) is 36.4 Å². The van der Waals surface area contributed by atoms with E-state index in [1.807, 2.05) is 49.3 Å². The lowest BCUT2D eigenvalue weighted by Gasteiger charge is -2.23. The number of carbonyl (C=O) groups is 1. The zero-order chi connectivity index (χ0) is 16.7. The quantitative estimate of drug-likeness (QED) is 0.846. The number of pyridine rings is 1. The summed E-state index contributed by atoms with van der Waals surface area (Å²) in [4.78, 5) is 25.9. The molecule has 0 bridgehead atoms. The Balaban J connectivity index is 1.98. The first-order valence-corrected chi connectivity index (χ1v) is 7.71. The monoisotopic (exact) mass is 313 g/mol. The summed E-state index contributed by atoms with van der Waals surface area (Å²) in [6, 6.07) is 14.8. The number of aryl methyl sites for hydroxylation is 1. The van der Waals surface area contributed by atoms with Gasteiger partial charge in [0, 0.05) is 31.8 Å². The maximum absolute atomic E-state index is 12.2. The van der Waals surface area contributed by atoms with Gasteiger partial charge in [0.05, 0.1) is 6.04 Å². The minimum atomic E-state index is -0.0896. The van der Waals surface area contributed by atoms with Crippen LogP contribution in [0.3, 0.4) is 0 Å². The minimum Gasteiger partial charge on any atom is -0.348 e. The first-order chi connectivity index (χ1) is 11.1. The number of nitrogens with one attached hydrogen (secondary N) is 1. The topological polar surface area (TPSA) is 54.3 Å². The van der Waals surface area contributed by atoms with E-state index in [0.717, 1.165) is 12.1 Å². The van der Waals surface area contributed by atoms with Gasteiger partial charge in [-0.15, -0.1) is 0 Å². The molecule has 1 heterocycles. The normalized spacial score (nSPS) is 12.1. The summed E-state index contributed by atoms with van der Waals surface area (Å²) in [6.45, 7) is 1.11. The fraction of sp³-hybridized carbons (Fsp3) is 0.333. The van der Waals surface area contributed by atoms with Crippen LogP contribution < -0.4 is 10.9 Å². The summed E-state index contributed by atoms with van der Waals surface area (Å²) >= 11 is 0. The van der Waals surface area contributed by atoms with Crippen LogP contribution >= 0.6 is 0 Å². The molecule has 5 nitrogen and oxygen atoms in total. The highest BCUT2D eigenvalue weighted by Gasteiger charge is 2.15. The molecule has 0 saturated carbocycles. The second-order valence-electron chi connectivity index (χ2n) is 5.78. The van der Waals surface area contributed by atoms with Crippen molar-refractivity contribution in [2.24, 2.45) is 0 Å². The van der Waals surface area contributed by atoms with Gasteiger partial charge in [-0.3, -0.25) is 9.59 Å². The summed E-state index contributed by atoms with van der Waals surface area (Å²) in [5.41, 5.74) is 0.986. The first kappa shape index (κ1) is 17.0. The molecule has 1 N–H and O–H groups in total. The van der Waals surface area contributed by atoms with Crippen LogP contribution in [-0.2, 0) is 11.3 Å². The predicted molar refractivity (Wildman–Crippen MR) is 91.2 cm³/mol. The third-order valence-corrected chi connectivity index (χ3v) is 3.56. The molecule has 1 amide bonds. The highest BCUT2D eigenvalue weighted by atomic mass is 16.2. The number of aromatic nitrogens is 1. The third kappa shape index (κ3) is 5.38. The Kier molecular flexibility index (Phi) is 6.11. The fourth-order valence-corrected chi connectivity index (χ4v) is 2.42. The van der Waals surface area contributed by atoms with Crippen molar-refractivity contribution in [1.82, 2.24) is 14.8 Å². The Morgan fingerprint density at radius 3 is 2.48 bits per heavy atom. The van der Waals surface area contributed by atoms with Gasteiger partial charge in [-0.05, 0) is 25.7 Å². The van der Waals surface area contributed by atoms with Gasteiger partial charge in [-0.25, -0.2) is 0 Å². The van der Waals surface area contributed by atoms with E-state index < -0.39 is 0 Å². The van der Waals surface area contributed by atoms with E-state index in [1.54, 1.807) is 22.9 Å². The molecule has 1 atom stereocenters. The second kappa shape index (κ2) is 8.29. The first-order valence-electron chi connectivity index (χ1n) is 7.71. The molecule has 1 aromatic carbocycles. The molecule has 0 aliphatic heterocycles. The van der Waals surface area contributed by atoms with E-state index in [2.05, 4.69) is 5.32 Å². The molecule has 2 rings (SSSR count). The molecular weight excluding hydrogens is 290 g/mol. The molecule has 0 saturated heterocycles.